The van der Waals surface area contributed by atoms with E-state index in [2.05, 4.69) is 15.3 Å². The maximum absolute atomic E-state index is 12.5. The second-order valence-corrected chi connectivity index (χ2v) is 4.49. The second-order valence-electron chi connectivity index (χ2n) is 4.49. The third kappa shape index (κ3) is 4.29. The van der Waals surface area contributed by atoms with Crippen LogP contribution in [0.2, 0.25) is 0 Å². The molecule has 0 aliphatic rings. The largest absolute Gasteiger partial charge is 0.370 e. The number of hydrogen-bond acceptors (Lipinski definition) is 4. The third-order valence-electron chi connectivity index (χ3n) is 2.76. The molecule has 0 saturated carbocycles. The van der Waals surface area contributed by atoms with Gasteiger partial charge >= 0.3 is 0 Å². The number of alkyl halides is 2. The van der Waals surface area contributed by atoms with Crippen molar-refractivity contribution in [2.45, 2.75) is 40.0 Å². The summed E-state index contributed by atoms with van der Waals surface area (Å²) in [5.74, 6) is 2.01. The highest BCUT2D eigenvalue weighted by Crippen LogP contribution is 2.23. The molecule has 6 heteroatoms. The lowest BCUT2D eigenvalue weighted by molar-refractivity contribution is 0.156. The summed E-state index contributed by atoms with van der Waals surface area (Å²) in [6, 6.07) is 0. The molecule has 0 unspecified atom stereocenters. The SMILES string of the molecule is CCCc1nc(NCC)c(C)c(N(C)CC(F)F)n1. The van der Waals surface area contributed by atoms with Gasteiger partial charge in [-0.2, -0.15) is 0 Å². The molecule has 0 radical (unpaired) electrons. The van der Waals surface area contributed by atoms with Crippen LogP contribution in [-0.4, -0.2) is 36.5 Å². The molecule has 108 valence electrons. The van der Waals surface area contributed by atoms with Crippen molar-refractivity contribution >= 4 is 11.6 Å². The van der Waals surface area contributed by atoms with Crippen molar-refractivity contribution in [2.24, 2.45) is 0 Å². The minimum Gasteiger partial charge on any atom is -0.370 e. The lowest BCUT2D eigenvalue weighted by Crippen LogP contribution is -2.26. The highest BCUT2D eigenvalue weighted by atomic mass is 19.3. The zero-order valence-corrected chi connectivity index (χ0v) is 12.0. The Morgan fingerprint density at radius 3 is 2.47 bits per heavy atom. The summed E-state index contributed by atoms with van der Waals surface area (Å²) in [6.45, 7) is 6.28. The van der Waals surface area contributed by atoms with Gasteiger partial charge in [-0.1, -0.05) is 6.92 Å². The summed E-state index contributed by atoms with van der Waals surface area (Å²) < 4.78 is 25.0. The lowest BCUT2D eigenvalue weighted by Gasteiger charge is -2.22. The molecule has 0 spiro atoms. The average Bonchev–Trinajstić information content (AvgIpc) is 2.32. The molecule has 0 aliphatic carbocycles. The summed E-state index contributed by atoms with van der Waals surface area (Å²) in [5.41, 5.74) is 0.810. The number of halogens is 2. The predicted molar refractivity (Wildman–Crippen MR) is 74.2 cm³/mol. The van der Waals surface area contributed by atoms with Crippen molar-refractivity contribution in [2.75, 3.05) is 30.4 Å². The lowest BCUT2D eigenvalue weighted by atomic mass is 10.2. The molecule has 1 N–H and O–H groups in total. The van der Waals surface area contributed by atoms with Crippen LogP contribution in [0.3, 0.4) is 0 Å². The minimum absolute atomic E-state index is 0.324. The Kier molecular flexibility index (Phi) is 5.92. The standard InChI is InChI=1S/C13H22F2N4/c1-5-7-11-17-12(16-6-2)9(3)13(18-11)19(4)8-10(14)15/h10H,5-8H2,1-4H3,(H,16,17,18). The van der Waals surface area contributed by atoms with E-state index in [9.17, 15) is 8.78 Å². The Hall–Kier alpha value is -1.46. The zero-order chi connectivity index (χ0) is 14.4. The van der Waals surface area contributed by atoms with E-state index in [-0.39, 0.29) is 6.54 Å². The van der Waals surface area contributed by atoms with Gasteiger partial charge in [0.25, 0.3) is 6.43 Å². The highest BCUT2D eigenvalue weighted by molar-refractivity contribution is 5.58. The van der Waals surface area contributed by atoms with Crippen LogP contribution in [0.15, 0.2) is 0 Å². The fourth-order valence-corrected chi connectivity index (χ4v) is 1.89. The summed E-state index contributed by atoms with van der Waals surface area (Å²) in [6.07, 6.45) is -0.711. The van der Waals surface area contributed by atoms with Crippen molar-refractivity contribution in [1.82, 2.24) is 9.97 Å². The van der Waals surface area contributed by atoms with Gasteiger partial charge < -0.3 is 10.2 Å². The van der Waals surface area contributed by atoms with Gasteiger partial charge in [-0.25, -0.2) is 18.7 Å². The van der Waals surface area contributed by atoms with Crippen LogP contribution in [0.5, 0.6) is 0 Å². The first-order valence-electron chi connectivity index (χ1n) is 6.60. The molecule has 4 nitrogen and oxygen atoms in total. The van der Waals surface area contributed by atoms with Crippen LogP contribution in [-0.2, 0) is 6.42 Å². The van der Waals surface area contributed by atoms with Gasteiger partial charge in [0.1, 0.15) is 17.5 Å². The highest BCUT2D eigenvalue weighted by Gasteiger charge is 2.16. The summed E-state index contributed by atoms with van der Waals surface area (Å²) in [4.78, 5) is 10.3. The van der Waals surface area contributed by atoms with E-state index in [0.717, 1.165) is 30.8 Å². The van der Waals surface area contributed by atoms with Crippen molar-refractivity contribution < 1.29 is 8.78 Å². The van der Waals surface area contributed by atoms with E-state index >= 15 is 0 Å². The van der Waals surface area contributed by atoms with Gasteiger partial charge in [-0.15, -0.1) is 0 Å². The first-order valence-corrected chi connectivity index (χ1v) is 6.60. The number of nitrogens with zero attached hydrogens (tertiary/aromatic N) is 3. The van der Waals surface area contributed by atoms with Crippen molar-refractivity contribution in [3.05, 3.63) is 11.4 Å². The molecule has 1 heterocycles. The van der Waals surface area contributed by atoms with Gasteiger partial charge in [0.05, 0.1) is 6.54 Å². The molecule has 0 amide bonds. The third-order valence-corrected chi connectivity index (χ3v) is 2.76. The summed E-state index contributed by atoms with van der Waals surface area (Å²) in [5, 5.41) is 3.16. The quantitative estimate of drug-likeness (QED) is 0.828. The van der Waals surface area contributed by atoms with Crippen LogP contribution < -0.4 is 10.2 Å². The second kappa shape index (κ2) is 7.21. The van der Waals surface area contributed by atoms with E-state index in [4.69, 9.17) is 0 Å². The topological polar surface area (TPSA) is 41.1 Å². The maximum Gasteiger partial charge on any atom is 0.255 e. The Balaban J connectivity index is 3.12. The molecule has 0 aromatic carbocycles. The minimum atomic E-state index is -2.38. The molecule has 1 rings (SSSR count). The maximum atomic E-state index is 12.5. The Morgan fingerprint density at radius 2 is 1.95 bits per heavy atom. The summed E-state index contributed by atoms with van der Waals surface area (Å²) >= 11 is 0. The average molecular weight is 272 g/mol. The number of rotatable bonds is 7. The molecule has 0 fully saturated rings. The smallest absolute Gasteiger partial charge is 0.255 e. The van der Waals surface area contributed by atoms with Gasteiger partial charge in [-0.3, -0.25) is 0 Å². The number of hydrogen-bond donors (Lipinski definition) is 1. The van der Waals surface area contributed by atoms with Gasteiger partial charge in [0, 0.05) is 25.6 Å². The Labute approximate surface area is 113 Å². The first-order chi connectivity index (χ1) is 8.99. The Morgan fingerprint density at radius 1 is 1.26 bits per heavy atom. The van der Waals surface area contributed by atoms with Crippen molar-refractivity contribution in [1.29, 1.82) is 0 Å². The van der Waals surface area contributed by atoms with Crippen molar-refractivity contribution in [3.8, 4) is 0 Å². The van der Waals surface area contributed by atoms with Crippen LogP contribution in [0.4, 0.5) is 20.4 Å². The van der Waals surface area contributed by atoms with Crippen LogP contribution in [0.1, 0.15) is 31.7 Å². The fourth-order valence-electron chi connectivity index (χ4n) is 1.89. The van der Waals surface area contributed by atoms with Crippen LogP contribution in [0, 0.1) is 6.92 Å². The van der Waals surface area contributed by atoms with Gasteiger partial charge in [-0.05, 0) is 20.3 Å². The van der Waals surface area contributed by atoms with Gasteiger partial charge in [0.2, 0.25) is 0 Å². The molecule has 0 aliphatic heterocycles. The predicted octanol–water partition coefficient (Wildman–Crippen LogP) is 2.87. The number of aromatic nitrogens is 2. The van der Waals surface area contributed by atoms with Gasteiger partial charge in [0.15, 0.2) is 0 Å². The molecule has 1 aromatic heterocycles. The monoisotopic (exact) mass is 272 g/mol. The van der Waals surface area contributed by atoms with E-state index in [0.29, 0.717) is 11.6 Å². The van der Waals surface area contributed by atoms with Crippen molar-refractivity contribution in [3.63, 3.8) is 0 Å². The Bertz CT molecular complexity index is 410. The zero-order valence-electron chi connectivity index (χ0n) is 12.0. The van der Waals surface area contributed by atoms with E-state index in [1.54, 1.807) is 7.05 Å². The molecule has 0 bridgehead atoms. The number of anilines is 2. The fraction of sp³-hybridized carbons (Fsp3) is 0.692. The molecular weight excluding hydrogens is 250 g/mol. The van der Waals surface area contributed by atoms with E-state index in [1.165, 1.54) is 4.90 Å². The van der Waals surface area contributed by atoms with Crippen LogP contribution >= 0.6 is 0 Å². The number of aryl methyl sites for hydroxylation is 1. The molecule has 0 saturated heterocycles. The van der Waals surface area contributed by atoms with E-state index < -0.39 is 6.43 Å². The molecular formula is C13H22F2N4. The molecule has 0 atom stereocenters. The molecule has 1 aromatic rings. The molecule has 19 heavy (non-hydrogen) atoms. The van der Waals surface area contributed by atoms with E-state index in [1.807, 2.05) is 20.8 Å². The first kappa shape index (κ1) is 15.6. The summed E-state index contributed by atoms with van der Waals surface area (Å²) in [7, 11) is 1.63. The van der Waals surface area contributed by atoms with Crippen LogP contribution in [0.25, 0.3) is 0 Å². The number of nitrogens with one attached hydrogen (secondary N) is 1. The normalized spacial score (nSPS) is 10.9.